The summed E-state index contributed by atoms with van der Waals surface area (Å²) in [4.78, 5) is 12.2. The predicted molar refractivity (Wildman–Crippen MR) is 80.5 cm³/mol. The van der Waals surface area contributed by atoms with Crippen molar-refractivity contribution in [1.82, 2.24) is 10.5 Å². The maximum absolute atomic E-state index is 12.2. The topological polar surface area (TPSA) is 84.6 Å². The average Bonchev–Trinajstić information content (AvgIpc) is 2.85. The molecule has 0 spiro atoms. The maximum Gasteiger partial charge on any atom is 0.253 e. The SMILES string of the molecule is COc1cccc(C(O)C(=O)NC(C)c2c(C)noc2C)c1. The van der Waals surface area contributed by atoms with Crippen molar-refractivity contribution in [3.8, 4) is 5.75 Å². The zero-order chi connectivity index (χ0) is 16.3. The van der Waals surface area contributed by atoms with E-state index in [0.29, 0.717) is 17.1 Å². The van der Waals surface area contributed by atoms with Crippen LogP contribution in [0.3, 0.4) is 0 Å². The highest BCUT2D eigenvalue weighted by Gasteiger charge is 2.23. The quantitative estimate of drug-likeness (QED) is 0.884. The number of aliphatic hydroxyl groups excluding tert-OH is 1. The van der Waals surface area contributed by atoms with Gasteiger partial charge in [0, 0.05) is 5.56 Å². The molecule has 0 aliphatic carbocycles. The first kappa shape index (κ1) is 16.0. The molecule has 0 bridgehead atoms. The number of rotatable bonds is 5. The van der Waals surface area contributed by atoms with E-state index in [9.17, 15) is 9.90 Å². The summed E-state index contributed by atoms with van der Waals surface area (Å²) in [6, 6.07) is 6.47. The Hall–Kier alpha value is -2.34. The van der Waals surface area contributed by atoms with Crippen molar-refractivity contribution in [2.24, 2.45) is 0 Å². The molecule has 0 aliphatic heterocycles. The van der Waals surface area contributed by atoms with Crippen LogP contribution in [-0.2, 0) is 4.79 Å². The number of nitrogens with one attached hydrogen (secondary N) is 1. The highest BCUT2D eigenvalue weighted by molar-refractivity contribution is 5.82. The van der Waals surface area contributed by atoms with Crippen LogP contribution >= 0.6 is 0 Å². The molecular weight excluding hydrogens is 284 g/mol. The summed E-state index contributed by atoms with van der Waals surface area (Å²) in [6.07, 6.45) is -1.27. The third-order valence-electron chi connectivity index (χ3n) is 3.54. The molecule has 6 heteroatoms. The van der Waals surface area contributed by atoms with Crippen molar-refractivity contribution < 1.29 is 19.2 Å². The lowest BCUT2D eigenvalue weighted by Crippen LogP contribution is -2.32. The van der Waals surface area contributed by atoms with Crippen molar-refractivity contribution in [2.75, 3.05) is 7.11 Å². The number of hydrogen-bond donors (Lipinski definition) is 2. The Labute approximate surface area is 129 Å². The Morgan fingerprint density at radius 3 is 2.73 bits per heavy atom. The van der Waals surface area contributed by atoms with Gasteiger partial charge in [0.2, 0.25) is 0 Å². The van der Waals surface area contributed by atoms with E-state index in [1.54, 1.807) is 31.2 Å². The van der Waals surface area contributed by atoms with E-state index in [4.69, 9.17) is 9.26 Å². The van der Waals surface area contributed by atoms with Crippen LogP contribution in [-0.4, -0.2) is 23.3 Å². The largest absolute Gasteiger partial charge is 0.497 e. The van der Waals surface area contributed by atoms with Gasteiger partial charge in [-0.25, -0.2) is 0 Å². The van der Waals surface area contributed by atoms with Gasteiger partial charge in [0.25, 0.3) is 5.91 Å². The van der Waals surface area contributed by atoms with Gasteiger partial charge in [0.05, 0.1) is 18.8 Å². The van der Waals surface area contributed by atoms with E-state index in [0.717, 1.165) is 11.3 Å². The standard InChI is InChI=1S/C16H20N2O4/c1-9(14-10(2)18-22-11(14)3)17-16(20)15(19)12-6-5-7-13(8-12)21-4/h5-9,15,19H,1-4H3,(H,17,20). The number of carbonyl (C=O) groups excluding carboxylic acids is 1. The Morgan fingerprint density at radius 2 is 2.14 bits per heavy atom. The number of benzene rings is 1. The number of hydrogen-bond acceptors (Lipinski definition) is 5. The summed E-state index contributed by atoms with van der Waals surface area (Å²) in [7, 11) is 1.53. The van der Waals surface area contributed by atoms with Crippen LogP contribution in [0.5, 0.6) is 5.75 Å². The van der Waals surface area contributed by atoms with Crippen LogP contribution in [0.4, 0.5) is 0 Å². The van der Waals surface area contributed by atoms with E-state index in [2.05, 4.69) is 10.5 Å². The Kier molecular flexibility index (Phi) is 4.82. The van der Waals surface area contributed by atoms with E-state index in [1.807, 2.05) is 13.8 Å². The molecule has 6 nitrogen and oxygen atoms in total. The Balaban J connectivity index is 2.11. The summed E-state index contributed by atoms with van der Waals surface area (Å²) in [5, 5.41) is 16.8. The first-order valence-corrected chi connectivity index (χ1v) is 6.99. The van der Waals surface area contributed by atoms with Crippen LogP contribution in [0.25, 0.3) is 0 Å². The second-order valence-corrected chi connectivity index (χ2v) is 5.15. The zero-order valence-electron chi connectivity index (χ0n) is 13.1. The van der Waals surface area contributed by atoms with E-state index < -0.39 is 12.0 Å². The lowest BCUT2D eigenvalue weighted by Gasteiger charge is -2.17. The third-order valence-corrected chi connectivity index (χ3v) is 3.54. The van der Waals surface area contributed by atoms with Gasteiger partial charge in [-0.05, 0) is 38.5 Å². The highest BCUT2D eigenvalue weighted by Crippen LogP contribution is 2.23. The molecule has 0 fully saturated rings. The van der Waals surface area contributed by atoms with E-state index >= 15 is 0 Å². The Morgan fingerprint density at radius 1 is 1.41 bits per heavy atom. The molecule has 1 aromatic carbocycles. The molecule has 0 saturated heterocycles. The normalized spacial score (nSPS) is 13.5. The molecule has 2 unspecified atom stereocenters. The van der Waals surface area contributed by atoms with Crippen LogP contribution in [0, 0.1) is 13.8 Å². The molecule has 2 rings (SSSR count). The smallest absolute Gasteiger partial charge is 0.253 e. The summed E-state index contributed by atoms with van der Waals surface area (Å²) < 4.78 is 10.2. The van der Waals surface area contributed by atoms with Gasteiger partial charge in [0.15, 0.2) is 6.10 Å². The minimum atomic E-state index is -1.27. The lowest BCUT2D eigenvalue weighted by molar-refractivity contribution is -0.130. The molecule has 2 N–H and O–H groups in total. The van der Waals surface area contributed by atoms with Gasteiger partial charge in [-0.15, -0.1) is 0 Å². The fraction of sp³-hybridized carbons (Fsp3) is 0.375. The van der Waals surface area contributed by atoms with E-state index in [1.165, 1.54) is 7.11 Å². The minimum Gasteiger partial charge on any atom is -0.497 e. The predicted octanol–water partition coefficient (Wildman–Crippen LogP) is 2.21. The van der Waals surface area contributed by atoms with Crippen LogP contribution in [0.2, 0.25) is 0 Å². The molecular formula is C16H20N2O4. The van der Waals surface area contributed by atoms with Crippen molar-refractivity contribution in [1.29, 1.82) is 0 Å². The van der Waals surface area contributed by atoms with Gasteiger partial charge in [-0.1, -0.05) is 17.3 Å². The fourth-order valence-corrected chi connectivity index (χ4v) is 2.44. The fourth-order valence-electron chi connectivity index (χ4n) is 2.44. The van der Waals surface area contributed by atoms with Crippen molar-refractivity contribution in [3.63, 3.8) is 0 Å². The van der Waals surface area contributed by atoms with Crippen LogP contribution in [0.1, 0.15) is 41.7 Å². The van der Waals surface area contributed by atoms with E-state index in [-0.39, 0.29) is 6.04 Å². The molecule has 1 amide bonds. The summed E-state index contributed by atoms with van der Waals surface area (Å²) in [5.41, 5.74) is 2.02. The maximum atomic E-state index is 12.2. The number of carbonyl (C=O) groups is 1. The van der Waals surface area contributed by atoms with Crippen LogP contribution in [0.15, 0.2) is 28.8 Å². The molecule has 2 aromatic rings. The Bertz CT molecular complexity index is 646. The summed E-state index contributed by atoms with van der Waals surface area (Å²) in [6.45, 7) is 5.42. The van der Waals surface area contributed by atoms with Crippen molar-refractivity contribution >= 4 is 5.91 Å². The van der Waals surface area contributed by atoms with Gasteiger partial charge >= 0.3 is 0 Å². The third kappa shape index (κ3) is 3.28. The number of nitrogens with zero attached hydrogens (tertiary/aromatic N) is 1. The number of ether oxygens (including phenoxy) is 1. The molecule has 22 heavy (non-hydrogen) atoms. The molecule has 1 aromatic heterocycles. The lowest BCUT2D eigenvalue weighted by atomic mass is 10.0. The highest BCUT2D eigenvalue weighted by atomic mass is 16.5. The monoisotopic (exact) mass is 304 g/mol. The summed E-state index contributed by atoms with van der Waals surface area (Å²) >= 11 is 0. The molecule has 0 aliphatic rings. The van der Waals surface area contributed by atoms with Crippen molar-refractivity contribution in [2.45, 2.75) is 32.9 Å². The second kappa shape index (κ2) is 6.62. The molecule has 0 saturated carbocycles. The number of amides is 1. The van der Waals surface area contributed by atoms with Crippen LogP contribution < -0.4 is 10.1 Å². The van der Waals surface area contributed by atoms with Gasteiger partial charge in [0.1, 0.15) is 11.5 Å². The number of aromatic nitrogens is 1. The first-order chi connectivity index (χ1) is 10.4. The number of aryl methyl sites for hydroxylation is 2. The second-order valence-electron chi connectivity index (χ2n) is 5.15. The van der Waals surface area contributed by atoms with Gasteiger partial charge in [-0.2, -0.15) is 0 Å². The van der Waals surface area contributed by atoms with Gasteiger partial charge in [-0.3, -0.25) is 4.79 Å². The van der Waals surface area contributed by atoms with Crippen molar-refractivity contribution in [3.05, 3.63) is 46.8 Å². The molecule has 0 radical (unpaired) electrons. The minimum absolute atomic E-state index is 0.306. The number of methoxy groups -OCH3 is 1. The average molecular weight is 304 g/mol. The summed E-state index contributed by atoms with van der Waals surface area (Å²) in [5.74, 6) is 0.755. The molecule has 118 valence electrons. The number of aliphatic hydroxyl groups is 1. The zero-order valence-corrected chi connectivity index (χ0v) is 13.1. The first-order valence-electron chi connectivity index (χ1n) is 6.99. The molecule has 1 heterocycles. The van der Waals surface area contributed by atoms with Gasteiger partial charge < -0.3 is 19.7 Å². The molecule has 2 atom stereocenters.